The Kier molecular flexibility index (Phi) is 40.8. The molecule has 0 aliphatic carbocycles. The molecule has 0 saturated carbocycles. The molecule has 0 radical (unpaired) electrons. The van der Waals surface area contributed by atoms with E-state index >= 15 is 0 Å². The molecule has 0 aromatic rings. The van der Waals surface area contributed by atoms with Crippen molar-refractivity contribution in [1.29, 1.82) is 0 Å². The minimum Gasteiger partial charge on any atom is -1.00 e. The van der Waals surface area contributed by atoms with Crippen molar-refractivity contribution >= 4 is 37.7 Å². The van der Waals surface area contributed by atoms with E-state index in [1.54, 1.807) is 0 Å². The third-order valence-electron chi connectivity index (χ3n) is 0.421. The first-order chi connectivity index (χ1) is 2.81. The van der Waals surface area contributed by atoms with Crippen LogP contribution in [0.25, 0.3) is 0 Å². The smallest absolute Gasteiger partial charge is 1.00 e. The Hall–Kier alpha value is 1.72. The molecule has 0 bridgehead atoms. The molecular formula is C3H8CaCl2O3. The monoisotopic (exact) mass is 202 g/mol. The largest absolute Gasteiger partial charge is 2.00 e. The SMILES string of the molecule is OCC(O)CO.[Ca+2].[Cl-].[Cl-]. The normalized spacial score (nSPS) is 6.67. The number of aliphatic hydroxyl groups excluding tert-OH is 3. The third kappa shape index (κ3) is 17.7. The first-order valence-corrected chi connectivity index (χ1v) is 1.71. The van der Waals surface area contributed by atoms with Crippen LogP contribution in [-0.4, -0.2) is 72.4 Å². The summed E-state index contributed by atoms with van der Waals surface area (Å²) >= 11 is 0. The molecule has 0 fully saturated rings. The van der Waals surface area contributed by atoms with Gasteiger partial charge < -0.3 is 40.1 Å². The van der Waals surface area contributed by atoms with Gasteiger partial charge in [-0.25, -0.2) is 0 Å². The molecule has 0 heterocycles. The van der Waals surface area contributed by atoms with Gasteiger partial charge in [0.2, 0.25) is 0 Å². The molecule has 0 aliphatic rings. The van der Waals surface area contributed by atoms with E-state index in [1.165, 1.54) is 0 Å². The molecule has 0 amide bonds. The first kappa shape index (κ1) is 22.4. The second-order valence-electron chi connectivity index (χ2n) is 1.02. The summed E-state index contributed by atoms with van der Waals surface area (Å²) in [6.45, 7) is -0.729. The average molecular weight is 203 g/mol. The van der Waals surface area contributed by atoms with Crippen LogP contribution in [0, 0.1) is 0 Å². The number of hydrogen-bond donors (Lipinski definition) is 3. The summed E-state index contributed by atoms with van der Waals surface area (Å²) in [5, 5.41) is 24.0. The third-order valence-corrected chi connectivity index (χ3v) is 0.421. The van der Waals surface area contributed by atoms with Crippen LogP contribution in [0.15, 0.2) is 0 Å². The number of hydrogen-bond acceptors (Lipinski definition) is 3. The molecule has 0 spiro atoms. The van der Waals surface area contributed by atoms with E-state index in [-0.39, 0.29) is 75.8 Å². The number of rotatable bonds is 2. The zero-order valence-electron chi connectivity index (χ0n) is 4.80. The van der Waals surface area contributed by atoms with E-state index in [0.717, 1.165) is 0 Å². The molecule has 3 N–H and O–H groups in total. The van der Waals surface area contributed by atoms with Gasteiger partial charge in [0.15, 0.2) is 0 Å². The summed E-state index contributed by atoms with van der Waals surface area (Å²) < 4.78 is 0. The Balaban J connectivity index is -0.0000000417. The molecule has 0 atom stereocenters. The molecule has 0 rings (SSSR count). The Morgan fingerprint density at radius 2 is 1.22 bits per heavy atom. The summed E-state index contributed by atoms with van der Waals surface area (Å²) in [5.74, 6) is 0. The molecule has 6 heteroatoms. The van der Waals surface area contributed by atoms with Crippen LogP contribution < -0.4 is 24.8 Å². The molecule has 0 saturated heterocycles. The summed E-state index contributed by atoms with van der Waals surface area (Å²) in [7, 11) is 0. The van der Waals surface area contributed by atoms with Gasteiger partial charge in [-0.2, -0.15) is 0 Å². The summed E-state index contributed by atoms with van der Waals surface area (Å²) in [6.07, 6.45) is -0.954. The van der Waals surface area contributed by atoms with Gasteiger partial charge in [0.05, 0.1) is 13.2 Å². The van der Waals surface area contributed by atoms with Crippen molar-refractivity contribution in [3.05, 3.63) is 0 Å². The van der Waals surface area contributed by atoms with E-state index in [1.807, 2.05) is 0 Å². The maximum absolute atomic E-state index is 8.17. The van der Waals surface area contributed by atoms with Crippen LogP contribution >= 0.6 is 0 Å². The van der Waals surface area contributed by atoms with Gasteiger partial charge in [0.1, 0.15) is 6.10 Å². The molecule has 3 nitrogen and oxygen atoms in total. The first-order valence-electron chi connectivity index (χ1n) is 1.71. The van der Waals surface area contributed by atoms with Crippen molar-refractivity contribution in [1.82, 2.24) is 0 Å². The number of aliphatic hydroxyl groups is 3. The Morgan fingerprint density at radius 3 is 1.22 bits per heavy atom. The van der Waals surface area contributed by atoms with Gasteiger partial charge in [-0.3, -0.25) is 0 Å². The summed E-state index contributed by atoms with van der Waals surface area (Å²) in [5.41, 5.74) is 0. The Labute approximate surface area is 96.3 Å². The van der Waals surface area contributed by atoms with Gasteiger partial charge in [-0.05, 0) is 0 Å². The van der Waals surface area contributed by atoms with Crippen molar-refractivity contribution in [2.45, 2.75) is 6.10 Å². The van der Waals surface area contributed by atoms with E-state index in [0.29, 0.717) is 0 Å². The van der Waals surface area contributed by atoms with Crippen molar-refractivity contribution in [2.75, 3.05) is 13.2 Å². The maximum Gasteiger partial charge on any atom is 2.00 e. The van der Waals surface area contributed by atoms with Crippen molar-refractivity contribution in [2.24, 2.45) is 0 Å². The Morgan fingerprint density at radius 1 is 1.00 bits per heavy atom. The Bertz CT molecular complexity index is 36.2. The molecule has 0 unspecified atom stereocenters. The molecule has 0 aromatic heterocycles. The molecule has 0 aliphatic heterocycles. The topological polar surface area (TPSA) is 60.7 Å². The minimum atomic E-state index is -0.954. The summed E-state index contributed by atoms with van der Waals surface area (Å²) in [4.78, 5) is 0. The van der Waals surface area contributed by atoms with Crippen molar-refractivity contribution in [3.63, 3.8) is 0 Å². The quantitative estimate of drug-likeness (QED) is 0.391. The standard InChI is InChI=1S/C3H8O3.Ca.2ClH/c4-1-3(6)2-5;;;/h3-6H,1-2H2;;2*1H/q;+2;;/p-2. The van der Waals surface area contributed by atoms with E-state index in [2.05, 4.69) is 0 Å². The van der Waals surface area contributed by atoms with Gasteiger partial charge in [-0.1, -0.05) is 0 Å². The van der Waals surface area contributed by atoms with Crippen LogP contribution in [0.1, 0.15) is 0 Å². The summed E-state index contributed by atoms with van der Waals surface area (Å²) in [6, 6.07) is 0. The predicted molar refractivity (Wildman–Crippen MR) is 25.9 cm³/mol. The predicted octanol–water partition coefficient (Wildman–Crippen LogP) is -8.04. The van der Waals surface area contributed by atoms with Crippen LogP contribution in [-0.2, 0) is 0 Å². The van der Waals surface area contributed by atoms with Gasteiger partial charge >= 0.3 is 37.7 Å². The maximum atomic E-state index is 8.17. The van der Waals surface area contributed by atoms with Crippen LogP contribution in [0.2, 0.25) is 0 Å². The molecule has 0 aromatic carbocycles. The van der Waals surface area contributed by atoms with E-state index in [4.69, 9.17) is 15.3 Å². The number of halogens is 2. The van der Waals surface area contributed by atoms with Crippen molar-refractivity contribution < 1.29 is 40.1 Å². The molecule has 9 heavy (non-hydrogen) atoms. The second kappa shape index (κ2) is 16.4. The zero-order valence-corrected chi connectivity index (χ0v) is 8.52. The van der Waals surface area contributed by atoms with Crippen molar-refractivity contribution in [3.8, 4) is 0 Å². The fourth-order valence-corrected chi connectivity index (χ4v) is 0.0577. The molecule has 54 valence electrons. The van der Waals surface area contributed by atoms with Gasteiger partial charge in [-0.15, -0.1) is 0 Å². The molecular weight excluding hydrogens is 195 g/mol. The van der Waals surface area contributed by atoms with Crippen LogP contribution in [0.5, 0.6) is 0 Å². The fraction of sp³-hybridized carbons (Fsp3) is 1.00. The minimum absolute atomic E-state index is 0. The second-order valence-corrected chi connectivity index (χ2v) is 1.02. The zero-order chi connectivity index (χ0) is 4.99. The van der Waals surface area contributed by atoms with Crippen LogP contribution in [0.4, 0.5) is 0 Å². The van der Waals surface area contributed by atoms with Gasteiger partial charge in [0.25, 0.3) is 0 Å². The fourth-order valence-electron chi connectivity index (χ4n) is 0.0577. The van der Waals surface area contributed by atoms with E-state index < -0.39 is 6.10 Å². The van der Waals surface area contributed by atoms with Gasteiger partial charge in [0, 0.05) is 0 Å². The van der Waals surface area contributed by atoms with E-state index in [9.17, 15) is 0 Å². The average Bonchev–Trinajstić information content (AvgIpc) is 1.65. The van der Waals surface area contributed by atoms with Crippen LogP contribution in [0.3, 0.4) is 0 Å².